The van der Waals surface area contributed by atoms with Crippen molar-refractivity contribution in [3.8, 4) is 57.5 Å². The van der Waals surface area contributed by atoms with E-state index in [-0.39, 0.29) is 0 Å². The highest BCUT2D eigenvalue weighted by molar-refractivity contribution is 5.76. The predicted octanol–water partition coefficient (Wildman–Crippen LogP) is 8.60. The molecule has 0 spiro atoms. The number of imidazole rings is 2. The molecule has 0 aliphatic rings. The van der Waals surface area contributed by atoms with Crippen LogP contribution >= 0.6 is 0 Å². The molecule has 0 bridgehead atoms. The highest BCUT2D eigenvalue weighted by atomic mass is 16.5. The van der Waals surface area contributed by atoms with Gasteiger partial charge >= 0.3 is 0 Å². The number of hydrogen-bond donors (Lipinski definition) is 4. The summed E-state index contributed by atoms with van der Waals surface area (Å²) in [5.41, 5.74) is 7.13. The zero-order valence-electron chi connectivity index (χ0n) is 34.3. The quantitative estimate of drug-likeness (QED) is 0.0907. The number of fused-ring (bicyclic) bond motifs is 2. The molecule has 10 rings (SSSR count). The third-order valence-electron chi connectivity index (χ3n) is 9.92. The number of pyridine rings is 2. The van der Waals surface area contributed by atoms with Gasteiger partial charge in [0.1, 0.15) is 46.7 Å². The second kappa shape index (κ2) is 18.6. The molecule has 0 fully saturated rings. The van der Waals surface area contributed by atoms with Crippen molar-refractivity contribution in [2.45, 2.75) is 12.2 Å². The van der Waals surface area contributed by atoms with Crippen LogP contribution in [0.25, 0.3) is 44.6 Å². The van der Waals surface area contributed by atoms with Gasteiger partial charge in [-0.1, -0.05) is 48.5 Å². The number of rotatable bonds is 12. The first-order chi connectivity index (χ1) is 31.4. The van der Waals surface area contributed by atoms with Crippen LogP contribution in [0.1, 0.15) is 35.0 Å². The van der Waals surface area contributed by atoms with Crippen LogP contribution in [0.3, 0.4) is 0 Å². The van der Waals surface area contributed by atoms with E-state index in [0.717, 1.165) is 22.1 Å². The van der Waals surface area contributed by atoms with Gasteiger partial charge in [-0.25, -0.2) is 39.9 Å². The molecule has 10 aromatic rings. The number of methoxy groups -OCH3 is 2. The maximum absolute atomic E-state index is 10.7. The predicted molar refractivity (Wildman–Crippen MR) is 237 cm³/mol. The van der Waals surface area contributed by atoms with Crippen molar-refractivity contribution in [3.05, 3.63) is 181 Å². The number of benzene rings is 4. The lowest BCUT2D eigenvalue weighted by Crippen LogP contribution is -2.02. The fraction of sp³-hybridized carbons (Fsp3) is 0.0833. The molecule has 316 valence electrons. The van der Waals surface area contributed by atoms with Crippen LogP contribution in [-0.2, 0) is 0 Å². The van der Waals surface area contributed by atoms with Gasteiger partial charge in [0.15, 0.2) is 0 Å². The largest absolute Gasteiger partial charge is 0.481 e. The number of hydrogen-bond acceptors (Lipinski definition) is 14. The van der Waals surface area contributed by atoms with E-state index in [1.54, 1.807) is 112 Å². The molecule has 64 heavy (non-hydrogen) atoms. The topological polar surface area (TPSA) is 212 Å². The van der Waals surface area contributed by atoms with E-state index in [1.165, 1.54) is 0 Å². The molecule has 0 aliphatic heterocycles. The Kier molecular flexibility index (Phi) is 11.8. The maximum Gasteiger partial charge on any atom is 0.246 e. The molecule has 0 unspecified atom stereocenters. The van der Waals surface area contributed by atoms with Crippen molar-refractivity contribution in [2.75, 3.05) is 14.2 Å². The molecule has 6 aromatic heterocycles. The number of H-pyrrole nitrogens is 2. The van der Waals surface area contributed by atoms with Crippen LogP contribution < -0.4 is 18.9 Å². The van der Waals surface area contributed by atoms with Crippen molar-refractivity contribution in [1.29, 1.82) is 0 Å². The van der Waals surface area contributed by atoms with Crippen molar-refractivity contribution in [1.82, 2.24) is 49.8 Å². The Morgan fingerprint density at radius 3 is 1.22 bits per heavy atom. The Bertz CT molecular complexity index is 2880. The molecular weight excluding hydrogens is 813 g/mol. The van der Waals surface area contributed by atoms with Crippen LogP contribution in [0.4, 0.5) is 0 Å². The second-order valence-electron chi connectivity index (χ2n) is 14.0. The average Bonchev–Trinajstić information content (AvgIpc) is 4.00. The van der Waals surface area contributed by atoms with Gasteiger partial charge in [-0.2, -0.15) is 0 Å². The zero-order valence-corrected chi connectivity index (χ0v) is 34.3. The summed E-state index contributed by atoms with van der Waals surface area (Å²) in [6.45, 7) is 0. The molecule has 0 aliphatic carbocycles. The molecular formula is C48H38N10O6. The number of aromatic nitrogens is 10. The van der Waals surface area contributed by atoms with Crippen LogP contribution in [0, 0.1) is 0 Å². The summed E-state index contributed by atoms with van der Waals surface area (Å²) in [5, 5.41) is 21.5. The summed E-state index contributed by atoms with van der Waals surface area (Å²) < 4.78 is 22.7. The highest BCUT2D eigenvalue weighted by Crippen LogP contribution is 2.36. The molecule has 0 amide bonds. The van der Waals surface area contributed by atoms with Gasteiger partial charge in [0.05, 0.1) is 47.4 Å². The van der Waals surface area contributed by atoms with Crippen molar-refractivity contribution >= 4 is 22.1 Å². The van der Waals surface area contributed by atoms with Gasteiger partial charge in [-0.15, -0.1) is 0 Å². The summed E-state index contributed by atoms with van der Waals surface area (Å²) in [6, 6.07) is 36.8. The Hall–Kier alpha value is -8.60. The Morgan fingerprint density at radius 2 is 0.812 bits per heavy atom. The van der Waals surface area contributed by atoms with E-state index in [0.29, 0.717) is 80.3 Å². The molecule has 0 radical (unpaired) electrons. The Morgan fingerprint density at radius 1 is 0.422 bits per heavy atom. The molecule has 0 saturated carbocycles. The van der Waals surface area contributed by atoms with Crippen molar-refractivity contribution in [2.24, 2.45) is 0 Å². The molecule has 6 heterocycles. The van der Waals surface area contributed by atoms with E-state index >= 15 is 0 Å². The fourth-order valence-electron chi connectivity index (χ4n) is 6.82. The van der Waals surface area contributed by atoms with E-state index in [4.69, 9.17) is 18.9 Å². The normalized spacial score (nSPS) is 11.9. The van der Waals surface area contributed by atoms with Crippen LogP contribution in [0.5, 0.6) is 35.0 Å². The Balaban J connectivity index is 0.000000162. The lowest BCUT2D eigenvalue weighted by atomic mass is 10.1. The summed E-state index contributed by atoms with van der Waals surface area (Å²) >= 11 is 0. The lowest BCUT2D eigenvalue weighted by Gasteiger charge is -2.12. The van der Waals surface area contributed by atoms with Crippen LogP contribution in [0.2, 0.25) is 0 Å². The van der Waals surface area contributed by atoms with Gasteiger partial charge in [-0.05, 0) is 83.9 Å². The minimum atomic E-state index is -0.886. The van der Waals surface area contributed by atoms with Gasteiger partial charge < -0.3 is 39.1 Å². The average molecular weight is 851 g/mol. The molecule has 16 nitrogen and oxygen atoms in total. The minimum absolute atomic E-state index is 0.324. The first kappa shape index (κ1) is 40.8. The second-order valence-corrected chi connectivity index (χ2v) is 14.0. The monoisotopic (exact) mass is 850 g/mol. The molecule has 4 aromatic carbocycles. The number of aromatic amines is 2. The fourth-order valence-corrected chi connectivity index (χ4v) is 6.82. The van der Waals surface area contributed by atoms with Gasteiger partial charge in [0, 0.05) is 37.2 Å². The maximum atomic E-state index is 10.7. The SMILES string of the molecule is COc1ncccc1-c1nccnc1Oc1ccc([C@@H](O)c2nc3ccccc3[nH]2)cc1.COc1ncccc1-c1nccnc1Oc1ccc([C@H](O)c2nc3ccccc3[nH]2)cc1. The number of nitrogens with one attached hydrogen (secondary N) is 2. The van der Waals surface area contributed by atoms with E-state index in [2.05, 4.69) is 49.8 Å². The lowest BCUT2D eigenvalue weighted by molar-refractivity contribution is 0.211. The van der Waals surface area contributed by atoms with Crippen molar-refractivity contribution in [3.63, 3.8) is 0 Å². The number of ether oxygens (including phenoxy) is 4. The van der Waals surface area contributed by atoms with Gasteiger partial charge in [0.2, 0.25) is 23.5 Å². The molecule has 0 saturated heterocycles. The summed E-state index contributed by atoms with van der Waals surface area (Å²) in [6.07, 6.45) is 7.80. The standard InChI is InChI=1S/2C24H19N5O3/c2*1-31-23-17(5-4-12-26-23)20-24(27-14-13-25-20)32-16-10-8-15(9-11-16)21(30)22-28-18-6-2-3-7-19(18)29-22/h2*2-14,21,30H,1H3,(H,28,29)/t2*21-/m10/s1. The van der Waals surface area contributed by atoms with E-state index in [1.807, 2.05) is 60.7 Å². The minimum Gasteiger partial charge on any atom is -0.481 e. The number of aliphatic hydroxyl groups excluding tert-OH is 2. The first-order valence-electron chi connectivity index (χ1n) is 19.9. The summed E-state index contributed by atoms with van der Waals surface area (Å²) in [7, 11) is 3.10. The number of nitrogens with zero attached hydrogens (tertiary/aromatic N) is 8. The van der Waals surface area contributed by atoms with E-state index < -0.39 is 12.2 Å². The summed E-state index contributed by atoms with van der Waals surface area (Å²) in [5.74, 6) is 3.59. The van der Waals surface area contributed by atoms with E-state index in [9.17, 15) is 10.2 Å². The van der Waals surface area contributed by atoms with Crippen LogP contribution in [-0.4, -0.2) is 74.3 Å². The molecule has 4 N–H and O–H groups in total. The van der Waals surface area contributed by atoms with Crippen LogP contribution in [0.15, 0.2) is 159 Å². The first-order valence-corrected chi connectivity index (χ1v) is 19.9. The third kappa shape index (κ3) is 8.76. The van der Waals surface area contributed by atoms with Crippen molar-refractivity contribution < 1.29 is 29.2 Å². The zero-order chi connectivity index (χ0) is 43.8. The number of aliphatic hydroxyl groups is 2. The smallest absolute Gasteiger partial charge is 0.246 e. The number of para-hydroxylation sites is 4. The molecule has 16 heteroatoms. The highest BCUT2D eigenvalue weighted by Gasteiger charge is 2.20. The van der Waals surface area contributed by atoms with Gasteiger partial charge in [-0.3, -0.25) is 0 Å². The summed E-state index contributed by atoms with van der Waals surface area (Å²) in [4.78, 5) is 41.1. The molecule has 2 atom stereocenters. The van der Waals surface area contributed by atoms with Gasteiger partial charge in [0.25, 0.3) is 0 Å². The Labute approximate surface area is 365 Å². The third-order valence-corrected chi connectivity index (χ3v) is 9.92.